The Labute approximate surface area is 106 Å². The second kappa shape index (κ2) is 4.44. The number of Topliss-reactive ketones (excluding diaryl/α,β-unsaturated/α-hetero) is 1. The Morgan fingerprint density at radius 3 is 2.78 bits per heavy atom. The number of ketones is 1. The van der Waals surface area contributed by atoms with E-state index < -0.39 is 0 Å². The lowest BCUT2D eigenvalue weighted by molar-refractivity contribution is -0.122. The van der Waals surface area contributed by atoms with Crippen LogP contribution in [0.2, 0.25) is 0 Å². The lowest BCUT2D eigenvalue weighted by Crippen LogP contribution is -2.42. The molecule has 2 atom stereocenters. The van der Waals surface area contributed by atoms with Gasteiger partial charge in [0.25, 0.3) is 0 Å². The fourth-order valence-corrected chi connectivity index (χ4v) is 2.80. The molecule has 18 heavy (non-hydrogen) atoms. The van der Waals surface area contributed by atoms with Gasteiger partial charge < -0.3 is 4.74 Å². The first-order chi connectivity index (χ1) is 8.74. The highest BCUT2D eigenvalue weighted by molar-refractivity contribution is 5.91. The van der Waals surface area contributed by atoms with Gasteiger partial charge in [-0.3, -0.25) is 9.69 Å². The van der Waals surface area contributed by atoms with Gasteiger partial charge in [0.05, 0.1) is 6.04 Å². The number of ether oxygens (including phenoxy) is 1. The first kappa shape index (κ1) is 11.3. The Balaban J connectivity index is 1.58. The van der Waals surface area contributed by atoms with Crippen LogP contribution in [0.15, 0.2) is 30.3 Å². The van der Waals surface area contributed by atoms with E-state index in [9.17, 15) is 9.59 Å². The van der Waals surface area contributed by atoms with E-state index >= 15 is 0 Å². The number of likely N-dealkylation sites (tertiary alicyclic amines) is 1. The van der Waals surface area contributed by atoms with Crippen LogP contribution in [0.1, 0.15) is 18.4 Å². The summed E-state index contributed by atoms with van der Waals surface area (Å²) >= 11 is 0. The number of carbonyl (C=O) groups excluding carboxylic acids is 2. The minimum atomic E-state index is -0.362. The standard InChI is InChI=1S/C14H15NO3/c16-13-7-11-6-12(13)15(8-11)14(17)18-9-10-4-2-1-3-5-10/h1-5,11-12H,6-9H2/t11-,12+/m0/s1. The number of fused-ring (bicyclic) bond motifs is 2. The molecule has 2 bridgehead atoms. The molecule has 1 aliphatic heterocycles. The van der Waals surface area contributed by atoms with Gasteiger partial charge >= 0.3 is 6.09 Å². The zero-order valence-electron chi connectivity index (χ0n) is 10.0. The van der Waals surface area contributed by atoms with Crippen LogP contribution >= 0.6 is 0 Å². The largest absolute Gasteiger partial charge is 0.445 e. The van der Waals surface area contributed by atoms with Crippen LogP contribution in [0.4, 0.5) is 4.79 Å². The van der Waals surface area contributed by atoms with Crippen LogP contribution in [-0.2, 0) is 16.1 Å². The van der Waals surface area contributed by atoms with Crippen molar-refractivity contribution in [3.05, 3.63) is 35.9 Å². The number of nitrogens with zero attached hydrogens (tertiary/aromatic N) is 1. The van der Waals surface area contributed by atoms with Crippen molar-refractivity contribution in [1.82, 2.24) is 4.90 Å². The van der Waals surface area contributed by atoms with Crippen LogP contribution in [0.3, 0.4) is 0 Å². The predicted molar refractivity (Wildman–Crippen MR) is 64.9 cm³/mol. The highest BCUT2D eigenvalue weighted by Gasteiger charge is 2.46. The van der Waals surface area contributed by atoms with Crippen LogP contribution < -0.4 is 0 Å². The van der Waals surface area contributed by atoms with Crippen LogP contribution in [-0.4, -0.2) is 29.4 Å². The maximum absolute atomic E-state index is 11.9. The first-order valence-corrected chi connectivity index (χ1v) is 6.24. The Bertz CT molecular complexity index is 471. The Kier molecular flexibility index (Phi) is 2.78. The van der Waals surface area contributed by atoms with Gasteiger partial charge in [0.1, 0.15) is 6.61 Å². The number of carbonyl (C=O) groups is 2. The third-order valence-electron chi connectivity index (χ3n) is 3.69. The zero-order chi connectivity index (χ0) is 12.5. The van der Waals surface area contributed by atoms with Gasteiger partial charge in [-0.25, -0.2) is 4.79 Å². The summed E-state index contributed by atoms with van der Waals surface area (Å²) in [6, 6.07) is 9.33. The smallest absolute Gasteiger partial charge is 0.410 e. The monoisotopic (exact) mass is 245 g/mol. The molecule has 4 nitrogen and oxygen atoms in total. The van der Waals surface area contributed by atoms with Crippen molar-refractivity contribution in [2.45, 2.75) is 25.5 Å². The average Bonchev–Trinajstić information content (AvgIpc) is 2.96. The summed E-state index contributed by atoms with van der Waals surface area (Å²) in [5, 5.41) is 0. The molecule has 1 heterocycles. The summed E-state index contributed by atoms with van der Waals surface area (Å²) in [6.07, 6.45) is 1.09. The molecular formula is C14H15NO3. The van der Waals surface area contributed by atoms with Gasteiger partial charge in [0.15, 0.2) is 5.78 Å². The summed E-state index contributed by atoms with van der Waals surface area (Å²) in [5.74, 6) is 0.537. The summed E-state index contributed by atoms with van der Waals surface area (Å²) in [4.78, 5) is 25.1. The maximum atomic E-state index is 11.9. The molecule has 0 spiro atoms. The molecule has 3 rings (SSSR count). The normalized spacial score (nSPS) is 25.6. The average molecular weight is 245 g/mol. The number of hydrogen-bond acceptors (Lipinski definition) is 3. The Hall–Kier alpha value is -1.84. The van der Waals surface area contributed by atoms with Crippen molar-refractivity contribution in [2.24, 2.45) is 5.92 Å². The van der Waals surface area contributed by atoms with E-state index in [1.807, 2.05) is 30.3 Å². The molecule has 1 aliphatic carbocycles. The fourth-order valence-electron chi connectivity index (χ4n) is 2.80. The van der Waals surface area contributed by atoms with Crippen LogP contribution in [0.5, 0.6) is 0 Å². The molecule has 0 radical (unpaired) electrons. The topological polar surface area (TPSA) is 46.6 Å². The highest BCUT2D eigenvalue weighted by Crippen LogP contribution is 2.35. The molecule has 1 saturated carbocycles. The molecule has 4 heteroatoms. The van der Waals surface area contributed by atoms with E-state index in [2.05, 4.69) is 0 Å². The molecule has 0 aromatic heterocycles. The zero-order valence-corrected chi connectivity index (χ0v) is 10.0. The van der Waals surface area contributed by atoms with E-state index in [0.717, 1.165) is 12.0 Å². The summed E-state index contributed by atoms with van der Waals surface area (Å²) in [5.41, 5.74) is 0.960. The summed E-state index contributed by atoms with van der Waals surface area (Å²) in [6.45, 7) is 0.936. The molecule has 94 valence electrons. The molecule has 2 aliphatic rings. The fraction of sp³-hybridized carbons (Fsp3) is 0.429. The van der Waals surface area contributed by atoms with Gasteiger partial charge in [-0.05, 0) is 17.9 Å². The Morgan fingerprint density at radius 2 is 2.11 bits per heavy atom. The Morgan fingerprint density at radius 1 is 1.33 bits per heavy atom. The van der Waals surface area contributed by atoms with Crippen molar-refractivity contribution >= 4 is 11.9 Å². The number of rotatable bonds is 2. The van der Waals surface area contributed by atoms with Gasteiger partial charge in [-0.15, -0.1) is 0 Å². The van der Waals surface area contributed by atoms with Crippen molar-refractivity contribution in [3.8, 4) is 0 Å². The molecule has 1 saturated heterocycles. The molecule has 0 N–H and O–H groups in total. The van der Waals surface area contributed by atoms with Crippen LogP contribution in [0.25, 0.3) is 0 Å². The van der Waals surface area contributed by atoms with E-state index in [1.54, 1.807) is 4.90 Å². The minimum absolute atomic E-state index is 0.183. The van der Waals surface area contributed by atoms with Crippen molar-refractivity contribution in [1.29, 1.82) is 0 Å². The summed E-state index contributed by atoms with van der Waals surface area (Å²) < 4.78 is 5.25. The number of piperidine rings is 1. The first-order valence-electron chi connectivity index (χ1n) is 6.24. The molecule has 2 fully saturated rings. The highest BCUT2D eigenvalue weighted by atomic mass is 16.6. The third kappa shape index (κ3) is 1.98. The lowest BCUT2D eigenvalue weighted by Gasteiger charge is -2.25. The SMILES string of the molecule is O=C1C[C@@H]2C[C@H]1N(C(=O)OCc1ccccc1)C2. The second-order valence-corrected chi connectivity index (χ2v) is 4.98. The van der Waals surface area contributed by atoms with Gasteiger partial charge in [-0.1, -0.05) is 30.3 Å². The minimum Gasteiger partial charge on any atom is -0.445 e. The quantitative estimate of drug-likeness (QED) is 0.800. The van der Waals surface area contributed by atoms with Gasteiger partial charge in [0.2, 0.25) is 0 Å². The molecule has 1 aromatic rings. The van der Waals surface area contributed by atoms with E-state index in [0.29, 0.717) is 18.9 Å². The predicted octanol–water partition coefficient (Wildman–Crippen LogP) is 1.99. The molecule has 0 unspecified atom stereocenters. The number of amides is 1. The van der Waals surface area contributed by atoms with Crippen molar-refractivity contribution in [3.63, 3.8) is 0 Å². The summed E-state index contributed by atoms with van der Waals surface area (Å²) in [7, 11) is 0. The van der Waals surface area contributed by atoms with Gasteiger partial charge in [-0.2, -0.15) is 0 Å². The maximum Gasteiger partial charge on any atom is 0.410 e. The van der Waals surface area contributed by atoms with Crippen LogP contribution in [0, 0.1) is 5.92 Å². The lowest BCUT2D eigenvalue weighted by atomic mass is 10.1. The van der Waals surface area contributed by atoms with E-state index in [-0.39, 0.29) is 24.5 Å². The molecule has 1 amide bonds. The van der Waals surface area contributed by atoms with Crippen molar-refractivity contribution < 1.29 is 14.3 Å². The van der Waals surface area contributed by atoms with Gasteiger partial charge in [0, 0.05) is 13.0 Å². The van der Waals surface area contributed by atoms with E-state index in [4.69, 9.17) is 4.74 Å². The molecule has 1 aromatic carbocycles. The third-order valence-corrected chi connectivity index (χ3v) is 3.69. The van der Waals surface area contributed by atoms with E-state index in [1.165, 1.54) is 0 Å². The van der Waals surface area contributed by atoms with Crippen molar-refractivity contribution in [2.75, 3.05) is 6.54 Å². The second-order valence-electron chi connectivity index (χ2n) is 4.98. The number of hydrogen-bond donors (Lipinski definition) is 0. The molecular weight excluding hydrogens is 230 g/mol. The number of benzene rings is 1.